The predicted octanol–water partition coefficient (Wildman–Crippen LogP) is 4.55. The predicted molar refractivity (Wildman–Crippen MR) is 110 cm³/mol. The van der Waals surface area contributed by atoms with E-state index in [4.69, 9.17) is 4.74 Å². The highest BCUT2D eigenvalue weighted by molar-refractivity contribution is 5.93. The smallest absolute Gasteiger partial charge is 0.435 e. The average molecular weight is 442 g/mol. The Morgan fingerprint density at radius 3 is 2.56 bits per heavy atom. The van der Waals surface area contributed by atoms with E-state index in [1.54, 1.807) is 0 Å². The van der Waals surface area contributed by atoms with Gasteiger partial charge < -0.3 is 10.1 Å². The van der Waals surface area contributed by atoms with Gasteiger partial charge in [-0.05, 0) is 54.2 Å². The first kappa shape index (κ1) is 20.5. The summed E-state index contributed by atoms with van der Waals surface area (Å²) in [5, 5.41) is 9.61. The zero-order valence-corrected chi connectivity index (χ0v) is 17.3. The molecular formula is C23H21F3N4O2. The quantitative estimate of drug-likeness (QED) is 0.629. The second-order valence-electron chi connectivity index (χ2n) is 8.29. The number of amides is 1. The summed E-state index contributed by atoms with van der Waals surface area (Å²) in [4.78, 5) is 12.4. The number of carbonyl (C=O) groups is 1. The van der Waals surface area contributed by atoms with E-state index in [9.17, 15) is 18.0 Å². The highest BCUT2D eigenvalue weighted by Gasteiger charge is 2.44. The van der Waals surface area contributed by atoms with Crippen molar-refractivity contribution in [2.75, 3.05) is 0 Å². The summed E-state index contributed by atoms with van der Waals surface area (Å²) in [5.74, 6) is 0.0264. The minimum absolute atomic E-state index is 0.0856. The Bertz CT molecular complexity index is 1170. The average Bonchev–Trinajstić information content (AvgIpc) is 3.37. The number of hydrogen-bond acceptors (Lipinski definition) is 4. The molecule has 0 spiro atoms. The molecule has 2 heterocycles. The third kappa shape index (κ3) is 3.94. The first-order valence-corrected chi connectivity index (χ1v) is 10.5. The third-order valence-corrected chi connectivity index (χ3v) is 5.71. The number of aromatic nitrogens is 3. The van der Waals surface area contributed by atoms with Crippen LogP contribution in [0.15, 0.2) is 42.5 Å². The van der Waals surface area contributed by atoms with Crippen LogP contribution in [0.2, 0.25) is 0 Å². The van der Waals surface area contributed by atoms with Crippen LogP contribution in [0.5, 0.6) is 5.75 Å². The van der Waals surface area contributed by atoms with Crippen LogP contribution in [0.3, 0.4) is 0 Å². The zero-order chi connectivity index (χ0) is 22.5. The standard InChI is InChI=1S/C23H21F3N4O2/c1-13-10-17-11-16(6-9-19(17)32-13)15-4-2-14(3-5-15)12-27-22(31)20-21(23(24,25)26)30(29-28-20)18-7-8-18/h2-6,9,11,13,18H,7-8,10,12H2,1H3,(H,27,31). The molecule has 0 saturated heterocycles. The number of benzene rings is 2. The number of rotatable bonds is 5. The lowest BCUT2D eigenvalue weighted by molar-refractivity contribution is -0.144. The minimum atomic E-state index is -4.70. The molecule has 5 rings (SSSR count). The number of halogens is 3. The molecule has 0 bridgehead atoms. The van der Waals surface area contributed by atoms with E-state index in [1.165, 1.54) is 5.56 Å². The van der Waals surface area contributed by atoms with Crippen molar-refractivity contribution >= 4 is 5.91 Å². The van der Waals surface area contributed by atoms with Crippen LogP contribution >= 0.6 is 0 Å². The van der Waals surface area contributed by atoms with Gasteiger partial charge in [0.2, 0.25) is 0 Å². The van der Waals surface area contributed by atoms with Crippen LogP contribution in [-0.4, -0.2) is 27.0 Å². The van der Waals surface area contributed by atoms with Gasteiger partial charge in [0.15, 0.2) is 11.4 Å². The lowest BCUT2D eigenvalue weighted by atomic mass is 10.00. The fourth-order valence-electron chi connectivity index (χ4n) is 3.97. The number of nitrogens with zero attached hydrogens (tertiary/aromatic N) is 3. The minimum Gasteiger partial charge on any atom is -0.490 e. The van der Waals surface area contributed by atoms with E-state index in [-0.39, 0.29) is 18.7 Å². The van der Waals surface area contributed by atoms with Crippen molar-refractivity contribution in [2.45, 2.75) is 51.1 Å². The van der Waals surface area contributed by atoms with Crippen LogP contribution in [0, 0.1) is 0 Å². The van der Waals surface area contributed by atoms with Gasteiger partial charge in [-0.3, -0.25) is 4.79 Å². The van der Waals surface area contributed by atoms with Gasteiger partial charge in [0.05, 0.1) is 6.04 Å². The molecule has 32 heavy (non-hydrogen) atoms. The molecule has 1 amide bonds. The fourth-order valence-corrected chi connectivity index (χ4v) is 3.97. The fraction of sp³-hybridized carbons (Fsp3) is 0.348. The molecule has 0 radical (unpaired) electrons. The molecule has 3 aromatic rings. The summed E-state index contributed by atoms with van der Waals surface area (Å²) < 4.78 is 47.0. The maximum atomic E-state index is 13.5. The van der Waals surface area contributed by atoms with Crippen molar-refractivity contribution in [3.8, 4) is 16.9 Å². The summed E-state index contributed by atoms with van der Waals surface area (Å²) in [5.41, 5.74) is 2.24. The first-order chi connectivity index (χ1) is 15.3. The van der Waals surface area contributed by atoms with Crippen molar-refractivity contribution in [1.29, 1.82) is 0 Å². The molecule has 1 unspecified atom stereocenters. The first-order valence-electron chi connectivity index (χ1n) is 10.5. The maximum absolute atomic E-state index is 13.5. The van der Waals surface area contributed by atoms with Crippen molar-refractivity contribution in [3.05, 3.63) is 65.0 Å². The monoisotopic (exact) mass is 442 g/mol. The van der Waals surface area contributed by atoms with Gasteiger partial charge in [-0.2, -0.15) is 13.2 Å². The summed E-state index contributed by atoms with van der Waals surface area (Å²) in [6.45, 7) is 2.12. The Morgan fingerprint density at radius 1 is 1.16 bits per heavy atom. The van der Waals surface area contributed by atoms with Crippen LogP contribution in [-0.2, 0) is 19.1 Å². The van der Waals surface area contributed by atoms with E-state index < -0.39 is 23.5 Å². The number of fused-ring (bicyclic) bond motifs is 1. The molecule has 2 aliphatic rings. The maximum Gasteiger partial charge on any atom is 0.435 e. The van der Waals surface area contributed by atoms with Crippen molar-refractivity contribution < 1.29 is 22.7 Å². The Morgan fingerprint density at radius 2 is 1.88 bits per heavy atom. The van der Waals surface area contributed by atoms with Crippen molar-refractivity contribution in [3.63, 3.8) is 0 Å². The second-order valence-corrected chi connectivity index (χ2v) is 8.29. The Labute approximate surface area is 182 Å². The Hall–Kier alpha value is -3.36. The van der Waals surface area contributed by atoms with Crippen molar-refractivity contribution in [2.24, 2.45) is 0 Å². The summed E-state index contributed by atoms with van der Waals surface area (Å²) in [7, 11) is 0. The molecule has 1 fully saturated rings. The van der Waals surface area contributed by atoms with Gasteiger partial charge in [-0.15, -0.1) is 5.10 Å². The van der Waals surface area contributed by atoms with Gasteiger partial charge in [0, 0.05) is 13.0 Å². The summed E-state index contributed by atoms with van der Waals surface area (Å²) in [6, 6.07) is 13.3. The molecule has 1 aliphatic heterocycles. The van der Waals surface area contributed by atoms with Crippen LogP contribution in [0.25, 0.3) is 11.1 Å². The van der Waals surface area contributed by atoms with Crippen molar-refractivity contribution in [1.82, 2.24) is 20.3 Å². The molecule has 1 aromatic heterocycles. The summed E-state index contributed by atoms with van der Waals surface area (Å²) >= 11 is 0. The zero-order valence-electron chi connectivity index (χ0n) is 17.3. The number of ether oxygens (including phenoxy) is 1. The molecule has 166 valence electrons. The van der Waals surface area contributed by atoms with Gasteiger partial charge in [0.1, 0.15) is 11.9 Å². The topological polar surface area (TPSA) is 69.0 Å². The van der Waals surface area contributed by atoms with E-state index in [0.29, 0.717) is 12.8 Å². The Kier molecular flexibility index (Phi) is 4.91. The molecule has 1 aliphatic carbocycles. The van der Waals surface area contributed by atoms with E-state index in [1.807, 2.05) is 43.3 Å². The highest BCUT2D eigenvalue weighted by atomic mass is 19.4. The lowest BCUT2D eigenvalue weighted by Gasteiger charge is -2.11. The van der Waals surface area contributed by atoms with Gasteiger partial charge in [-0.25, -0.2) is 4.68 Å². The number of nitrogens with one attached hydrogen (secondary N) is 1. The van der Waals surface area contributed by atoms with Crippen LogP contribution in [0.4, 0.5) is 13.2 Å². The van der Waals surface area contributed by atoms with Gasteiger partial charge in [0.25, 0.3) is 5.91 Å². The molecular weight excluding hydrogens is 421 g/mol. The third-order valence-electron chi connectivity index (χ3n) is 5.71. The SMILES string of the molecule is CC1Cc2cc(-c3ccc(CNC(=O)c4nnn(C5CC5)c4C(F)(F)F)cc3)ccc2O1. The normalized spacial score (nSPS) is 17.7. The van der Waals surface area contributed by atoms with Gasteiger partial charge in [-0.1, -0.05) is 35.5 Å². The molecule has 6 nitrogen and oxygen atoms in total. The molecule has 1 N–H and O–H groups in total. The van der Waals surface area contributed by atoms with Crippen LogP contribution in [0.1, 0.15) is 53.1 Å². The number of carbonyl (C=O) groups excluding carboxylic acids is 1. The summed E-state index contributed by atoms with van der Waals surface area (Å²) in [6.07, 6.45) is -2.43. The van der Waals surface area contributed by atoms with E-state index >= 15 is 0 Å². The second kappa shape index (κ2) is 7.65. The van der Waals surface area contributed by atoms with Gasteiger partial charge >= 0.3 is 6.18 Å². The Balaban J connectivity index is 1.27. The molecule has 1 saturated carbocycles. The number of alkyl halides is 3. The molecule has 1 atom stereocenters. The molecule has 2 aromatic carbocycles. The van der Waals surface area contributed by atoms with E-state index in [2.05, 4.69) is 21.7 Å². The molecule has 9 heteroatoms. The lowest BCUT2D eigenvalue weighted by Crippen LogP contribution is -2.27. The van der Waals surface area contributed by atoms with E-state index in [0.717, 1.165) is 33.5 Å². The highest BCUT2D eigenvalue weighted by Crippen LogP contribution is 2.40. The number of hydrogen-bond donors (Lipinski definition) is 1. The van der Waals surface area contributed by atoms with Crippen LogP contribution < -0.4 is 10.1 Å². The largest absolute Gasteiger partial charge is 0.490 e.